The average molecular weight is 519 g/mol. The Morgan fingerprint density at radius 1 is 1.08 bits per heavy atom. The van der Waals surface area contributed by atoms with Crippen LogP contribution in [0.5, 0.6) is 0 Å². The summed E-state index contributed by atoms with van der Waals surface area (Å²) in [5.74, 6) is 0.823. The van der Waals surface area contributed by atoms with Crippen LogP contribution in [0.1, 0.15) is 52.4 Å². The maximum absolute atomic E-state index is 13.9. The maximum atomic E-state index is 13.9. The molecule has 0 aromatic heterocycles. The van der Waals surface area contributed by atoms with Crippen molar-refractivity contribution >= 4 is 5.91 Å². The van der Waals surface area contributed by atoms with Crippen LogP contribution in [0.3, 0.4) is 0 Å². The van der Waals surface area contributed by atoms with Gasteiger partial charge in [0.2, 0.25) is 0 Å². The lowest BCUT2D eigenvalue weighted by Gasteiger charge is -2.27. The summed E-state index contributed by atoms with van der Waals surface area (Å²) in [5.41, 5.74) is 3.20. The molecule has 5 nitrogen and oxygen atoms in total. The Hall–Kier alpha value is -3.57. The fourth-order valence-corrected chi connectivity index (χ4v) is 4.53. The number of nitrogens with one attached hydrogen (secondary N) is 2. The predicted octanol–water partition coefficient (Wildman–Crippen LogP) is 4.46. The molecule has 2 unspecified atom stereocenters. The highest BCUT2D eigenvalue weighted by atomic mass is 19.1. The topological polar surface area (TPSA) is 70.6 Å². The summed E-state index contributed by atoms with van der Waals surface area (Å²) in [5, 5.41) is 17.5. The van der Waals surface area contributed by atoms with Crippen LogP contribution < -0.4 is 10.6 Å². The van der Waals surface area contributed by atoms with Gasteiger partial charge in [0.25, 0.3) is 5.91 Å². The molecule has 0 heterocycles. The van der Waals surface area contributed by atoms with Gasteiger partial charge in [-0.2, -0.15) is 0 Å². The summed E-state index contributed by atoms with van der Waals surface area (Å²) in [6.07, 6.45) is 6.33. The van der Waals surface area contributed by atoms with Gasteiger partial charge in [0.15, 0.2) is 0 Å². The zero-order valence-electron chi connectivity index (χ0n) is 21.3. The summed E-state index contributed by atoms with van der Waals surface area (Å²) in [7, 11) is 0. The number of aliphatic hydroxyl groups is 1. The monoisotopic (exact) mass is 518 g/mol. The zero-order valence-corrected chi connectivity index (χ0v) is 21.3. The first-order valence-electron chi connectivity index (χ1n) is 12.7. The second-order valence-electron chi connectivity index (χ2n) is 9.65. The molecule has 1 aliphatic rings. The molecule has 1 fully saturated rings. The van der Waals surface area contributed by atoms with Crippen LogP contribution in [0.15, 0.2) is 66.7 Å². The van der Waals surface area contributed by atoms with E-state index in [0.29, 0.717) is 24.3 Å². The summed E-state index contributed by atoms with van der Waals surface area (Å²) in [6.45, 7) is 3.11. The predicted molar refractivity (Wildman–Crippen MR) is 142 cm³/mol. The molecule has 3 aromatic rings. The number of carbonyl (C=O) groups is 1. The van der Waals surface area contributed by atoms with Crippen molar-refractivity contribution in [3.05, 3.63) is 106 Å². The molecule has 38 heavy (non-hydrogen) atoms. The molecule has 2 atom stereocenters. The molecule has 1 amide bonds. The standard InChI is InChI=1S/C31H32F2N2O3/c1-3-21-6-5-7-25(14-21)31(12-13-31)34-19-29(36)28(17-23-15-26(32)18-27(33)16-23)35-30(37)24-10-8-22(9-11-24)20-38-4-2/h1,5-11,14-16,18,28-29,34,36H,4,12-13,17,19-20H2,2H3,(H,35,37). The van der Waals surface area contributed by atoms with Crippen molar-refractivity contribution in [1.82, 2.24) is 10.6 Å². The average Bonchev–Trinajstić information content (AvgIpc) is 3.71. The molecule has 0 spiro atoms. The summed E-state index contributed by atoms with van der Waals surface area (Å²) >= 11 is 0. The van der Waals surface area contributed by atoms with Gasteiger partial charge < -0.3 is 20.5 Å². The number of carbonyl (C=O) groups excluding carboxylic acids is 1. The third kappa shape index (κ3) is 7.05. The van der Waals surface area contributed by atoms with E-state index in [4.69, 9.17) is 11.2 Å². The van der Waals surface area contributed by atoms with Crippen molar-refractivity contribution < 1.29 is 23.4 Å². The van der Waals surface area contributed by atoms with Crippen LogP contribution in [0, 0.1) is 24.0 Å². The number of hydrogen-bond donors (Lipinski definition) is 3. The minimum atomic E-state index is -1.03. The van der Waals surface area contributed by atoms with Gasteiger partial charge in [-0.25, -0.2) is 8.78 Å². The van der Waals surface area contributed by atoms with E-state index in [9.17, 15) is 18.7 Å². The van der Waals surface area contributed by atoms with Crippen LogP contribution in [0.4, 0.5) is 8.78 Å². The lowest BCUT2D eigenvalue weighted by molar-refractivity contribution is 0.0822. The van der Waals surface area contributed by atoms with Crippen molar-refractivity contribution in [2.24, 2.45) is 0 Å². The number of benzene rings is 3. The van der Waals surface area contributed by atoms with Crippen LogP contribution in [0.25, 0.3) is 0 Å². The van der Waals surface area contributed by atoms with E-state index in [2.05, 4.69) is 16.6 Å². The van der Waals surface area contributed by atoms with Gasteiger partial charge in [-0.15, -0.1) is 6.42 Å². The Balaban J connectivity index is 1.48. The Morgan fingerprint density at radius 3 is 2.42 bits per heavy atom. The number of rotatable bonds is 12. The summed E-state index contributed by atoms with van der Waals surface area (Å²) in [6, 6.07) is 17.1. The lowest BCUT2D eigenvalue weighted by Crippen LogP contribution is -2.50. The highest BCUT2D eigenvalue weighted by Gasteiger charge is 2.44. The van der Waals surface area contributed by atoms with Crippen LogP contribution in [-0.2, 0) is 23.3 Å². The third-order valence-electron chi connectivity index (χ3n) is 6.83. The first-order chi connectivity index (χ1) is 18.3. The minimum absolute atomic E-state index is 0.0469. The second kappa shape index (κ2) is 12.3. The molecular weight excluding hydrogens is 486 g/mol. The quantitative estimate of drug-likeness (QED) is 0.310. The first-order valence-corrected chi connectivity index (χ1v) is 12.7. The molecule has 198 valence electrons. The van der Waals surface area contributed by atoms with E-state index in [0.717, 1.165) is 35.6 Å². The number of ether oxygens (including phenoxy) is 1. The maximum Gasteiger partial charge on any atom is 0.251 e. The van der Waals surface area contributed by atoms with E-state index < -0.39 is 29.7 Å². The Morgan fingerprint density at radius 2 is 1.79 bits per heavy atom. The minimum Gasteiger partial charge on any atom is -0.390 e. The van der Waals surface area contributed by atoms with E-state index in [1.807, 2.05) is 31.2 Å². The van der Waals surface area contributed by atoms with Crippen LogP contribution in [0.2, 0.25) is 0 Å². The highest BCUT2D eigenvalue weighted by Crippen LogP contribution is 2.45. The Kier molecular flexibility index (Phi) is 8.90. The molecule has 0 aliphatic heterocycles. The third-order valence-corrected chi connectivity index (χ3v) is 6.83. The van der Waals surface area contributed by atoms with Gasteiger partial charge in [0, 0.05) is 35.9 Å². The van der Waals surface area contributed by atoms with Gasteiger partial charge in [0.05, 0.1) is 18.8 Å². The molecule has 3 aromatic carbocycles. The smallest absolute Gasteiger partial charge is 0.251 e. The number of aliphatic hydroxyl groups excluding tert-OH is 1. The van der Waals surface area contributed by atoms with E-state index >= 15 is 0 Å². The van der Waals surface area contributed by atoms with E-state index in [1.54, 1.807) is 24.3 Å². The summed E-state index contributed by atoms with van der Waals surface area (Å²) in [4.78, 5) is 13.1. The summed E-state index contributed by atoms with van der Waals surface area (Å²) < 4.78 is 33.1. The first kappa shape index (κ1) is 27.5. The fraction of sp³-hybridized carbons (Fsp3) is 0.323. The number of terminal acetylenes is 1. The van der Waals surface area contributed by atoms with Crippen molar-refractivity contribution in [3.63, 3.8) is 0 Å². The number of halogens is 2. The van der Waals surface area contributed by atoms with Crippen LogP contribution in [-0.4, -0.2) is 36.3 Å². The molecule has 4 rings (SSSR count). The van der Waals surface area contributed by atoms with Crippen molar-refractivity contribution in [3.8, 4) is 12.3 Å². The van der Waals surface area contributed by atoms with E-state index in [-0.39, 0.29) is 18.5 Å². The number of hydrogen-bond acceptors (Lipinski definition) is 4. The van der Waals surface area contributed by atoms with Crippen molar-refractivity contribution in [2.75, 3.05) is 13.2 Å². The Labute approximate surface area is 222 Å². The number of amides is 1. The molecule has 0 saturated heterocycles. The Bertz CT molecular complexity index is 1280. The van der Waals surface area contributed by atoms with Gasteiger partial charge in [-0.1, -0.05) is 30.2 Å². The second-order valence-corrected chi connectivity index (χ2v) is 9.65. The normalized spacial score (nSPS) is 15.3. The lowest BCUT2D eigenvalue weighted by atomic mass is 9.98. The zero-order chi connectivity index (χ0) is 27.1. The SMILES string of the molecule is C#Cc1cccc(C2(NCC(O)C(Cc3cc(F)cc(F)c3)NC(=O)c3ccc(COCC)cc3)CC2)c1. The largest absolute Gasteiger partial charge is 0.390 e. The molecule has 1 aliphatic carbocycles. The van der Waals surface area contributed by atoms with Gasteiger partial charge >= 0.3 is 0 Å². The van der Waals surface area contributed by atoms with Crippen LogP contribution >= 0.6 is 0 Å². The van der Waals surface area contributed by atoms with Crippen molar-refractivity contribution in [1.29, 1.82) is 0 Å². The highest BCUT2D eigenvalue weighted by molar-refractivity contribution is 5.94. The molecule has 0 bridgehead atoms. The van der Waals surface area contributed by atoms with Gasteiger partial charge in [-0.05, 0) is 79.3 Å². The van der Waals surface area contributed by atoms with Gasteiger partial charge in [0.1, 0.15) is 11.6 Å². The van der Waals surface area contributed by atoms with Gasteiger partial charge in [-0.3, -0.25) is 4.79 Å². The van der Waals surface area contributed by atoms with Crippen molar-refractivity contribution in [2.45, 2.75) is 50.5 Å². The molecular formula is C31H32F2N2O3. The van der Waals surface area contributed by atoms with E-state index in [1.165, 1.54) is 12.1 Å². The molecule has 0 radical (unpaired) electrons. The molecule has 3 N–H and O–H groups in total. The molecule has 7 heteroatoms. The fourth-order valence-electron chi connectivity index (χ4n) is 4.53. The molecule has 1 saturated carbocycles.